The zero-order valence-electron chi connectivity index (χ0n) is 16.2. The van der Waals surface area contributed by atoms with E-state index in [1.807, 2.05) is 60.0 Å². The van der Waals surface area contributed by atoms with Gasteiger partial charge >= 0.3 is 0 Å². The van der Waals surface area contributed by atoms with Gasteiger partial charge in [-0.2, -0.15) is 0 Å². The third kappa shape index (κ3) is 2.96. The highest BCUT2D eigenvalue weighted by molar-refractivity contribution is 7.11. The zero-order valence-corrected chi connectivity index (χ0v) is 17.0. The maximum absolute atomic E-state index is 13.6. The van der Waals surface area contributed by atoms with Crippen molar-refractivity contribution in [2.24, 2.45) is 0 Å². The number of thiophene rings is 1. The standard InChI is InChI=1S/C23H21N3O2S/c1-24-11-13-25(14-12-24)21-20(19-10-5-15-29-19)22(27)26(23(21)28)18-9-4-7-16-6-2-3-8-17(16)18/h2-10,15H,11-14H2,1H3. The zero-order chi connectivity index (χ0) is 20.0. The van der Waals surface area contributed by atoms with Gasteiger partial charge in [0.2, 0.25) is 0 Å². The summed E-state index contributed by atoms with van der Waals surface area (Å²) in [5, 5.41) is 3.86. The molecule has 1 saturated heterocycles. The maximum Gasteiger partial charge on any atom is 0.282 e. The summed E-state index contributed by atoms with van der Waals surface area (Å²) in [7, 11) is 2.08. The van der Waals surface area contributed by atoms with Crippen LogP contribution in [0.25, 0.3) is 16.3 Å². The van der Waals surface area contributed by atoms with Crippen LogP contribution in [0.2, 0.25) is 0 Å². The van der Waals surface area contributed by atoms with Gasteiger partial charge in [0.05, 0.1) is 11.3 Å². The largest absolute Gasteiger partial charge is 0.364 e. The molecule has 2 aliphatic rings. The Labute approximate surface area is 173 Å². The summed E-state index contributed by atoms with van der Waals surface area (Å²) in [6.07, 6.45) is 0. The molecule has 0 unspecified atom stereocenters. The minimum atomic E-state index is -0.234. The molecule has 0 atom stereocenters. The molecular formula is C23H21N3O2S. The van der Waals surface area contributed by atoms with E-state index in [-0.39, 0.29) is 11.8 Å². The first-order valence-electron chi connectivity index (χ1n) is 9.73. The Morgan fingerprint density at radius 3 is 2.34 bits per heavy atom. The minimum Gasteiger partial charge on any atom is -0.364 e. The fourth-order valence-electron chi connectivity index (χ4n) is 4.11. The lowest BCUT2D eigenvalue weighted by Gasteiger charge is -2.34. The average Bonchev–Trinajstić information content (AvgIpc) is 3.35. The van der Waals surface area contributed by atoms with Crippen LogP contribution in [-0.4, -0.2) is 54.8 Å². The van der Waals surface area contributed by atoms with E-state index in [9.17, 15) is 9.59 Å². The number of carbonyl (C=O) groups is 2. The Kier molecular flexibility index (Phi) is 4.45. The van der Waals surface area contributed by atoms with Crippen molar-refractivity contribution in [2.75, 3.05) is 38.1 Å². The van der Waals surface area contributed by atoms with E-state index in [0.29, 0.717) is 17.0 Å². The summed E-state index contributed by atoms with van der Waals surface area (Å²) in [5.41, 5.74) is 1.72. The van der Waals surface area contributed by atoms with Gasteiger partial charge in [-0.05, 0) is 29.9 Å². The molecular weight excluding hydrogens is 382 g/mol. The lowest BCUT2D eigenvalue weighted by atomic mass is 10.1. The molecule has 0 N–H and O–H groups in total. The predicted molar refractivity (Wildman–Crippen MR) is 117 cm³/mol. The molecule has 0 spiro atoms. The Hall–Kier alpha value is -2.96. The molecule has 0 aliphatic carbocycles. The summed E-state index contributed by atoms with van der Waals surface area (Å²) in [6.45, 7) is 3.22. The van der Waals surface area contributed by atoms with Gasteiger partial charge in [0, 0.05) is 36.4 Å². The van der Waals surface area contributed by atoms with Gasteiger partial charge in [0.1, 0.15) is 5.70 Å². The van der Waals surface area contributed by atoms with Crippen LogP contribution in [0.5, 0.6) is 0 Å². The fraction of sp³-hybridized carbons (Fsp3) is 0.217. The highest BCUT2D eigenvalue weighted by atomic mass is 32.1. The highest BCUT2D eigenvalue weighted by Crippen LogP contribution is 2.39. The number of rotatable bonds is 3. The minimum absolute atomic E-state index is 0.223. The van der Waals surface area contributed by atoms with Crippen LogP contribution in [-0.2, 0) is 9.59 Å². The Bertz CT molecular complexity index is 1120. The number of imide groups is 1. The topological polar surface area (TPSA) is 43.9 Å². The summed E-state index contributed by atoms with van der Waals surface area (Å²) in [4.78, 5) is 33.8. The molecule has 146 valence electrons. The third-order valence-corrected chi connectivity index (χ3v) is 6.54. The Morgan fingerprint density at radius 2 is 1.59 bits per heavy atom. The van der Waals surface area contributed by atoms with E-state index in [4.69, 9.17) is 0 Å². The molecule has 0 radical (unpaired) electrons. The molecule has 5 nitrogen and oxygen atoms in total. The Balaban J connectivity index is 1.64. The second-order valence-electron chi connectivity index (χ2n) is 7.44. The van der Waals surface area contributed by atoms with Crippen LogP contribution >= 0.6 is 11.3 Å². The van der Waals surface area contributed by atoms with E-state index in [2.05, 4.69) is 16.8 Å². The van der Waals surface area contributed by atoms with E-state index >= 15 is 0 Å². The highest BCUT2D eigenvalue weighted by Gasteiger charge is 2.43. The second-order valence-corrected chi connectivity index (χ2v) is 8.38. The quantitative estimate of drug-likeness (QED) is 0.629. The van der Waals surface area contributed by atoms with Crippen LogP contribution in [0.3, 0.4) is 0 Å². The van der Waals surface area contributed by atoms with Gasteiger partial charge in [0.15, 0.2) is 0 Å². The number of amides is 2. The van der Waals surface area contributed by atoms with E-state index < -0.39 is 0 Å². The number of carbonyl (C=O) groups excluding carboxylic acids is 2. The third-order valence-electron chi connectivity index (χ3n) is 5.65. The summed E-state index contributed by atoms with van der Waals surface area (Å²) in [5.74, 6) is -0.456. The molecule has 0 saturated carbocycles. The van der Waals surface area contributed by atoms with Crippen LogP contribution in [0, 0.1) is 0 Å². The molecule has 6 heteroatoms. The van der Waals surface area contributed by atoms with E-state index in [1.165, 1.54) is 16.2 Å². The fourth-order valence-corrected chi connectivity index (χ4v) is 4.87. The van der Waals surface area contributed by atoms with Crippen molar-refractivity contribution in [3.8, 4) is 0 Å². The average molecular weight is 404 g/mol. The monoisotopic (exact) mass is 403 g/mol. The van der Waals surface area contributed by atoms with Crippen LogP contribution in [0.15, 0.2) is 65.7 Å². The van der Waals surface area contributed by atoms with Gasteiger partial charge in [-0.3, -0.25) is 9.59 Å². The molecule has 29 heavy (non-hydrogen) atoms. The molecule has 2 amide bonds. The van der Waals surface area contributed by atoms with Crippen molar-refractivity contribution < 1.29 is 9.59 Å². The first kappa shape index (κ1) is 18.1. The van der Waals surface area contributed by atoms with E-state index in [0.717, 1.165) is 41.8 Å². The number of benzene rings is 2. The number of fused-ring (bicyclic) bond motifs is 1. The lowest BCUT2D eigenvalue weighted by Crippen LogP contribution is -2.46. The number of anilines is 1. The lowest BCUT2D eigenvalue weighted by molar-refractivity contribution is -0.120. The van der Waals surface area contributed by atoms with E-state index in [1.54, 1.807) is 0 Å². The number of likely N-dealkylation sites (N-methyl/N-ethyl adjacent to an activating group) is 1. The molecule has 3 aromatic rings. The van der Waals surface area contributed by atoms with Crippen molar-refractivity contribution in [2.45, 2.75) is 0 Å². The normalized spacial score (nSPS) is 18.4. The number of piperazine rings is 1. The summed E-state index contributed by atoms with van der Waals surface area (Å²) < 4.78 is 0. The van der Waals surface area contributed by atoms with Gasteiger partial charge in [0.25, 0.3) is 11.8 Å². The Morgan fingerprint density at radius 1 is 0.828 bits per heavy atom. The molecule has 5 rings (SSSR count). The number of hydrogen-bond acceptors (Lipinski definition) is 5. The first-order valence-corrected chi connectivity index (χ1v) is 10.6. The van der Waals surface area contributed by atoms with Crippen molar-refractivity contribution in [3.05, 3.63) is 70.6 Å². The maximum atomic E-state index is 13.6. The van der Waals surface area contributed by atoms with Crippen LogP contribution in [0.1, 0.15) is 4.88 Å². The molecule has 1 fully saturated rings. The van der Waals surface area contributed by atoms with Gasteiger partial charge in [-0.1, -0.05) is 42.5 Å². The molecule has 1 aromatic heterocycles. The van der Waals surface area contributed by atoms with Gasteiger partial charge in [-0.25, -0.2) is 4.90 Å². The van der Waals surface area contributed by atoms with Crippen molar-refractivity contribution in [1.29, 1.82) is 0 Å². The SMILES string of the molecule is CN1CCN(C2=C(c3cccs3)C(=O)N(c3cccc4ccccc34)C2=O)CC1. The van der Waals surface area contributed by atoms with Crippen molar-refractivity contribution in [1.82, 2.24) is 9.80 Å². The van der Waals surface area contributed by atoms with Gasteiger partial charge in [-0.15, -0.1) is 11.3 Å². The van der Waals surface area contributed by atoms with Crippen LogP contribution < -0.4 is 4.90 Å². The van der Waals surface area contributed by atoms with Crippen molar-refractivity contribution in [3.63, 3.8) is 0 Å². The summed E-state index contributed by atoms with van der Waals surface area (Å²) in [6, 6.07) is 17.5. The van der Waals surface area contributed by atoms with Crippen molar-refractivity contribution >= 4 is 45.2 Å². The molecule has 0 bridgehead atoms. The summed E-state index contributed by atoms with van der Waals surface area (Å²) >= 11 is 1.50. The molecule has 3 heterocycles. The predicted octanol–water partition coefficient (Wildman–Crippen LogP) is 3.43. The smallest absolute Gasteiger partial charge is 0.282 e. The number of nitrogens with zero attached hydrogens (tertiary/aromatic N) is 3. The van der Waals surface area contributed by atoms with Crippen LogP contribution in [0.4, 0.5) is 5.69 Å². The number of hydrogen-bond donors (Lipinski definition) is 0. The second kappa shape index (κ2) is 7.13. The first-order chi connectivity index (χ1) is 14.1. The molecule has 2 aliphatic heterocycles. The van der Waals surface area contributed by atoms with Gasteiger partial charge < -0.3 is 9.80 Å². The molecule has 2 aromatic carbocycles.